The van der Waals surface area contributed by atoms with Crippen molar-refractivity contribution in [2.45, 2.75) is 25.3 Å². The van der Waals surface area contributed by atoms with Crippen LogP contribution >= 0.6 is 0 Å². The molecule has 1 aromatic rings. The number of amides is 1. The molecule has 96 valence electrons. The molecule has 1 aliphatic rings. The van der Waals surface area contributed by atoms with E-state index in [1.807, 2.05) is 18.2 Å². The molecule has 0 fully saturated rings. The molecule has 5 nitrogen and oxygen atoms in total. The normalized spacial score (nSPS) is 18.5. The lowest BCUT2D eigenvalue weighted by Crippen LogP contribution is -2.30. The Balaban J connectivity index is 1.83. The van der Waals surface area contributed by atoms with Crippen LogP contribution in [0, 0.1) is 0 Å². The van der Waals surface area contributed by atoms with Gasteiger partial charge in [0.1, 0.15) is 0 Å². The highest BCUT2D eigenvalue weighted by molar-refractivity contribution is 5.86. The third-order valence-corrected chi connectivity index (χ3v) is 2.96. The highest BCUT2D eigenvalue weighted by Crippen LogP contribution is 2.29. The summed E-state index contributed by atoms with van der Waals surface area (Å²) in [5.74, 6) is 5.18. The van der Waals surface area contributed by atoms with Gasteiger partial charge in [0.25, 0.3) is 0 Å². The van der Waals surface area contributed by atoms with Crippen LogP contribution in [-0.4, -0.2) is 23.9 Å². The Labute approximate surface area is 106 Å². The van der Waals surface area contributed by atoms with E-state index in [0.717, 1.165) is 18.6 Å². The maximum Gasteiger partial charge on any atom is 0.248 e. The van der Waals surface area contributed by atoms with Gasteiger partial charge in [-0.25, -0.2) is 5.84 Å². The summed E-state index contributed by atoms with van der Waals surface area (Å²) in [6.45, 7) is 0.385. The molecule has 1 atom stereocenters. The molecule has 1 heterocycles. The fourth-order valence-corrected chi connectivity index (χ4v) is 2.06. The molecule has 2 rings (SSSR count). The molecule has 5 heteroatoms. The third kappa shape index (κ3) is 3.38. The molecule has 0 bridgehead atoms. The van der Waals surface area contributed by atoms with Gasteiger partial charge in [-0.05, 0) is 18.4 Å². The summed E-state index contributed by atoms with van der Waals surface area (Å²) in [5, 5.41) is 0.685. The number of nitrogens with two attached hydrogens (primary N) is 1. The lowest BCUT2D eigenvalue weighted by molar-refractivity contribution is -0.172. The standard InChI is InChI=1S/C13H17N3O2/c14-16(10-17)18-9-8-12-6-7-13(15-12)11-4-2-1-3-5-11/h1-5,10,13H,6-9,14H2. The number of carbonyl (C=O) groups excluding carboxylic acids is 1. The van der Waals surface area contributed by atoms with E-state index in [9.17, 15) is 4.79 Å². The fourth-order valence-electron chi connectivity index (χ4n) is 2.06. The monoisotopic (exact) mass is 247 g/mol. The first-order valence-electron chi connectivity index (χ1n) is 6.02. The largest absolute Gasteiger partial charge is 0.286 e. The highest BCUT2D eigenvalue weighted by Gasteiger charge is 2.18. The van der Waals surface area contributed by atoms with E-state index in [0.29, 0.717) is 24.6 Å². The van der Waals surface area contributed by atoms with Crippen molar-refractivity contribution in [1.29, 1.82) is 0 Å². The van der Waals surface area contributed by atoms with Crippen LogP contribution < -0.4 is 5.84 Å². The number of aliphatic imine (C=N–C) groups is 1. The Kier molecular flexibility index (Phi) is 4.44. The molecule has 18 heavy (non-hydrogen) atoms. The van der Waals surface area contributed by atoms with E-state index >= 15 is 0 Å². The first-order chi connectivity index (χ1) is 8.79. The molecular formula is C13H17N3O2. The van der Waals surface area contributed by atoms with E-state index in [4.69, 9.17) is 10.7 Å². The van der Waals surface area contributed by atoms with Gasteiger partial charge in [0.05, 0.1) is 12.6 Å². The van der Waals surface area contributed by atoms with Gasteiger partial charge < -0.3 is 0 Å². The van der Waals surface area contributed by atoms with E-state index < -0.39 is 0 Å². The average molecular weight is 247 g/mol. The predicted molar refractivity (Wildman–Crippen MR) is 68.5 cm³/mol. The van der Waals surface area contributed by atoms with Gasteiger partial charge in [-0.15, -0.1) is 0 Å². The molecule has 1 aliphatic heterocycles. The van der Waals surface area contributed by atoms with Crippen molar-refractivity contribution in [3.05, 3.63) is 35.9 Å². The fraction of sp³-hybridized carbons (Fsp3) is 0.385. The number of hydrogen-bond acceptors (Lipinski definition) is 4. The molecule has 0 saturated carbocycles. The quantitative estimate of drug-likeness (QED) is 0.359. The topological polar surface area (TPSA) is 67.9 Å². The van der Waals surface area contributed by atoms with Gasteiger partial charge in [0.15, 0.2) is 0 Å². The molecule has 1 unspecified atom stereocenters. The molecular weight excluding hydrogens is 230 g/mol. The van der Waals surface area contributed by atoms with Gasteiger partial charge in [-0.2, -0.15) is 5.17 Å². The van der Waals surface area contributed by atoms with Crippen LogP contribution in [0.15, 0.2) is 35.3 Å². The van der Waals surface area contributed by atoms with Crippen molar-refractivity contribution >= 4 is 12.1 Å². The molecule has 0 radical (unpaired) electrons. The maximum absolute atomic E-state index is 10.2. The number of benzene rings is 1. The lowest BCUT2D eigenvalue weighted by Gasteiger charge is -2.09. The van der Waals surface area contributed by atoms with Crippen LogP contribution in [0.3, 0.4) is 0 Å². The number of hydrogen-bond donors (Lipinski definition) is 1. The van der Waals surface area contributed by atoms with Crippen LogP contribution in [0.4, 0.5) is 0 Å². The van der Waals surface area contributed by atoms with Gasteiger partial charge in [-0.1, -0.05) is 30.3 Å². The Hall–Kier alpha value is -1.72. The zero-order valence-corrected chi connectivity index (χ0v) is 10.2. The maximum atomic E-state index is 10.2. The van der Waals surface area contributed by atoms with Crippen molar-refractivity contribution in [3.8, 4) is 0 Å². The third-order valence-electron chi connectivity index (χ3n) is 2.96. The summed E-state index contributed by atoms with van der Waals surface area (Å²) < 4.78 is 0. The highest BCUT2D eigenvalue weighted by atomic mass is 16.7. The van der Waals surface area contributed by atoms with Crippen molar-refractivity contribution in [2.75, 3.05) is 6.61 Å². The van der Waals surface area contributed by atoms with Gasteiger partial charge in [0, 0.05) is 12.1 Å². The van der Waals surface area contributed by atoms with Crippen LogP contribution in [0.25, 0.3) is 0 Å². The second-order valence-corrected chi connectivity index (χ2v) is 4.21. The molecule has 0 saturated heterocycles. The summed E-state index contributed by atoms with van der Waals surface area (Å²) in [4.78, 5) is 19.8. The first kappa shape index (κ1) is 12.7. The second kappa shape index (κ2) is 6.28. The smallest absolute Gasteiger partial charge is 0.248 e. The predicted octanol–water partition coefficient (Wildman–Crippen LogP) is 1.62. The Bertz CT molecular complexity index is 420. The summed E-state index contributed by atoms with van der Waals surface area (Å²) in [5.41, 5.74) is 2.38. The second-order valence-electron chi connectivity index (χ2n) is 4.21. The average Bonchev–Trinajstić information content (AvgIpc) is 2.88. The minimum absolute atomic E-state index is 0.265. The number of rotatable bonds is 6. The van der Waals surface area contributed by atoms with E-state index in [1.165, 1.54) is 5.56 Å². The van der Waals surface area contributed by atoms with Crippen molar-refractivity contribution < 1.29 is 9.63 Å². The number of hydrazine groups is 1. The molecule has 0 aliphatic carbocycles. The zero-order chi connectivity index (χ0) is 12.8. The van der Waals surface area contributed by atoms with Gasteiger partial charge >= 0.3 is 0 Å². The summed E-state index contributed by atoms with van der Waals surface area (Å²) in [7, 11) is 0. The number of nitrogens with zero attached hydrogens (tertiary/aromatic N) is 2. The van der Waals surface area contributed by atoms with Crippen molar-refractivity contribution in [3.63, 3.8) is 0 Å². The number of hydroxylamine groups is 1. The van der Waals surface area contributed by atoms with Crippen LogP contribution in [0.2, 0.25) is 0 Å². The minimum atomic E-state index is 0.265. The van der Waals surface area contributed by atoms with Crippen LogP contribution in [0.5, 0.6) is 0 Å². The minimum Gasteiger partial charge on any atom is -0.286 e. The summed E-state index contributed by atoms with van der Waals surface area (Å²) in [6, 6.07) is 10.5. The van der Waals surface area contributed by atoms with E-state index in [-0.39, 0.29) is 6.04 Å². The van der Waals surface area contributed by atoms with Crippen molar-refractivity contribution in [2.24, 2.45) is 10.8 Å². The van der Waals surface area contributed by atoms with E-state index in [2.05, 4.69) is 17.1 Å². The molecule has 1 aromatic carbocycles. The Morgan fingerprint density at radius 2 is 2.22 bits per heavy atom. The SMILES string of the molecule is NN(C=O)OCCC1=NC(c2ccccc2)CC1. The van der Waals surface area contributed by atoms with Gasteiger partial charge in [0.2, 0.25) is 6.41 Å². The Morgan fingerprint density at radius 3 is 2.94 bits per heavy atom. The number of carbonyl (C=O) groups is 1. The lowest BCUT2D eigenvalue weighted by atomic mass is 10.0. The van der Waals surface area contributed by atoms with Crippen LogP contribution in [0.1, 0.15) is 30.9 Å². The molecule has 2 N–H and O–H groups in total. The molecule has 0 spiro atoms. The molecule has 0 aromatic heterocycles. The van der Waals surface area contributed by atoms with E-state index in [1.54, 1.807) is 0 Å². The Morgan fingerprint density at radius 1 is 1.44 bits per heavy atom. The van der Waals surface area contributed by atoms with Crippen LogP contribution in [-0.2, 0) is 9.63 Å². The first-order valence-corrected chi connectivity index (χ1v) is 6.02. The summed E-state index contributed by atoms with van der Waals surface area (Å²) >= 11 is 0. The van der Waals surface area contributed by atoms with Gasteiger partial charge in [-0.3, -0.25) is 14.6 Å². The van der Waals surface area contributed by atoms with Crippen molar-refractivity contribution in [1.82, 2.24) is 5.17 Å². The molecule has 1 amide bonds. The zero-order valence-electron chi connectivity index (χ0n) is 10.2. The summed E-state index contributed by atoms with van der Waals surface area (Å²) in [6.07, 6.45) is 3.17.